The second-order valence-electron chi connectivity index (χ2n) is 4.88. The van der Waals surface area contributed by atoms with Crippen LogP contribution in [0, 0.1) is 5.92 Å². The fourth-order valence-electron chi connectivity index (χ4n) is 2.32. The Morgan fingerprint density at radius 3 is 2.78 bits per heavy atom. The van der Waals surface area contributed by atoms with E-state index in [1.807, 2.05) is 24.4 Å². The number of carboxylic acid groups (broad SMARTS) is 1. The van der Waals surface area contributed by atoms with Crippen LogP contribution in [0.3, 0.4) is 0 Å². The van der Waals surface area contributed by atoms with Crippen molar-refractivity contribution in [2.75, 3.05) is 0 Å². The molecule has 0 aliphatic rings. The molecule has 0 fully saturated rings. The summed E-state index contributed by atoms with van der Waals surface area (Å²) in [7, 11) is 0. The first kappa shape index (κ1) is 13.1. The first-order chi connectivity index (χ1) is 8.49. The zero-order chi connectivity index (χ0) is 13.3. The van der Waals surface area contributed by atoms with Crippen LogP contribution in [0.5, 0.6) is 0 Å². The number of carboxylic acids is 1. The minimum absolute atomic E-state index is 0.0393. The summed E-state index contributed by atoms with van der Waals surface area (Å²) in [5.74, 6) is -0.415. The highest BCUT2D eigenvalue weighted by atomic mass is 79.9. The van der Waals surface area contributed by atoms with Crippen molar-refractivity contribution in [1.29, 1.82) is 0 Å². The molecule has 0 amide bonds. The molecule has 3 nitrogen and oxygen atoms in total. The maximum absolute atomic E-state index is 11.0. The van der Waals surface area contributed by atoms with Crippen LogP contribution < -0.4 is 0 Å². The van der Waals surface area contributed by atoms with E-state index in [4.69, 9.17) is 5.11 Å². The minimum atomic E-state index is -0.750. The van der Waals surface area contributed by atoms with Crippen molar-refractivity contribution in [1.82, 2.24) is 4.98 Å². The van der Waals surface area contributed by atoms with Gasteiger partial charge in [0.05, 0.1) is 6.42 Å². The lowest BCUT2D eigenvalue weighted by atomic mass is 9.85. The Kier molecular flexibility index (Phi) is 3.76. The second-order valence-corrected chi connectivity index (χ2v) is 5.80. The van der Waals surface area contributed by atoms with Gasteiger partial charge in [-0.3, -0.25) is 4.79 Å². The van der Waals surface area contributed by atoms with Gasteiger partial charge in [-0.2, -0.15) is 0 Å². The number of aromatic amines is 1. The van der Waals surface area contributed by atoms with Crippen LogP contribution in [0.15, 0.2) is 28.9 Å². The molecule has 0 saturated heterocycles. The summed E-state index contributed by atoms with van der Waals surface area (Å²) in [4.78, 5) is 14.2. The van der Waals surface area contributed by atoms with E-state index in [0.29, 0.717) is 5.92 Å². The van der Waals surface area contributed by atoms with Crippen LogP contribution in [-0.2, 0) is 4.79 Å². The molecule has 2 aromatic rings. The molecule has 0 bridgehead atoms. The molecule has 0 aliphatic carbocycles. The van der Waals surface area contributed by atoms with Crippen LogP contribution in [0.25, 0.3) is 10.9 Å². The normalized spacial score (nSPS) is 13.1. The van der Waals surface area contributed by atoms with Gasteiger partial charge in [-0.1, -0.05) is 35.8 Å². The van der Waals surface area contributed by atoms with Crippen LogP contribution in [-0.4, -0.2) is 16.1 Å². The molecule has 0 aliphatic heterocycles. The molecule has 18 heavy (non-hydrogen) atoms. The summed E-state index contributed by atoms with van der Waals surface area (Å²) in [5, 5.41) is 10.1. The summed E-state index contributed by atoms with van der Waals surface area (Å²) in [6.45, 7) is 4.12. The van der Waals surface area contributed by atoms with Gasteiger partial charge >= 0.3 is 5.97 Å². The Morgan fingerprint density at radius 1 is 1.44 bits per heavy atom. The molecule has 96 valence electrons. The van der Waals surface area contributed by atoms with Crippen molar-refractivity contribution in [2.24, 2.45) is 5.92 Å². The average molecular weight is 310 g/mol. The van der Waals surface area contributed by atoms with Crippen LogP contribution in [0.1, 0.15) is 31.7 Å². The number of H-pyrrole nitrogens is 1. The number of hydrogen-bond acceptors (Lipinski definition) is 1. The van der Waals surface area contributed by atoms with Crippen molar-refractivity contribution in [3.05, 3.63) is 34.4 Å². The van der Waals surface area contributed by atoms with Gasteiger partial charge in [-0.15, -0.1) is 0 Å². The van der Waals surface area contributed by atoms with Crippen molar-refractivity contribution >= 4 is 32.8 Å². The molecular weight excluding hydrogens is 294 g/mol. The number of benzene rings is 1. The highest BCUT2D eigenvalue weighted by Crippen LogP contribution is 2.34. The van der Waals surface area contributed by atoms with E-state index in [1.165, 1.54) is 0 Å². The number of hydrogen-bond donors (Lipinski definition) is 2. The predicted molar refractivity (Wildman–Crippen MR) is 75.8 cm³/mol. The number of rotatable bonds is 4. The predicted octanol–water partition coefficient (Wildman–Crippen LogP) is 4.14. The highest BCUT2D eigenvalue weighted by molar-refractivity contribution is 9.10. The maximum Gasteiger partial charge on any atom is 0.303 e. The molecule has 1 unspecified atom stereocenters. The van der Waals surface area contributed by atoms with E-state index >= 15 is 0 Å². The number of aromatic nitrogens is 1. The van der Waals surface area contributed by atoms with Gasteiger partial charge in [-0.05, 0) is 29.5 Å². The van der Waals surface area contributed by atoms with Crippen molar-refractivity contribution < 1.29 is 9.90 Å². The SMILES string of the molecule is CC(C)C(CC(=O)O)c1c[nH]c2cc(Br)ccc12. The molecule has 2 rings (SSSR count). The first-order valence-corrected chi connectivity index (χ1v) is 6.76. The highest BCUT2D eigenvalue weighted by Gasteiger charge is 2.22. The Bertz CT molecular complexity index is 574. The average Bonchev–Trinajstić information content (AvgIpc) is 2.67. The maximum atomic E-state index is 11.0. The van der Waals surface area contributed by atoms with Gasteiger partial charge in [0, 0.05) is 21.6 Å². The Balaban J connectivity index is 2.47. The van der Waals surface area contributed by atoms with Crippen molar-refractivity contribution in [2.45, 2.75) is 26.2 Å². The number of nitrogens with one attached hydrogen (secondary N) is 1. The van der Waals surface area contributed by atoms with E-state index in [2.05, 4.69) is 34.8 Å². The molecule has 1 aromatic carbocycles. The number of halogens is 1. The summed E-state index contributed by atoms with van der Waals surface area (Å²) in [5.41, 5.74) is 2.13. The third-order valence-corrected chi connectivity index (χ3v) is 3.77. The minimum Gasteiger partial charge on any atom is -0.481 e. The molecule has 4 heteroatoms. The third kappa shape index (κ3) is 2.58. The number of fused-ring (bicyclic) bond motifs is 1. The zero-order valence-corrected chi connectivity index (χ0v) is 12.0. The quantitative estimate of drug-likeness (QED) is 0.891. The smallest absolute Gasteiger partial charge is 0.303 e. The summed E-state index contributed by atoms with van der Waals surface area (Å²) in [6, 6.07) is 6.03. The third-order valence-electron chi connectivity index (χ3n) is 3.27. The molecule has 2 N–H and O–H groups in total. The van der Waals surface area contributed by atoms with E-state index in [-0.39, 0.29) is 12.3 Å². The van der Waals surface area contributed by atoms with Gasteiger partial charge in [0.15, 0.2) is 0 Å². The largest absolute Gasteiger partial charge is 0.481 e. The van der Waals surface area contributed by atoms with Gasteiger partial charge < -0.3 is 10.1 Å². The topological polar surface area (TPSA) is 53.1 Å². The van der Waals surface area contributed by atoms with Gasteiger partial charge in [0.25, 0.3) is 0 Å². The Hall–Kier alpha value is -1.29. The fraction of sp³-hybridized carbons (Fsp3) is 0.357. The summed E-state index contributed by atoms with van der Waals surface area (Å²) < 4.78 is 1.02. The van der Waals surface area contributed by atoms with E-state index < -0.39 is 5.97 Å². The first-order valence-electron chi connectivity index (χ1n) is 5.97. The Labute approximate surface area is 114 Å². The number of carbonyl (C=O) groups is 1. The molecule has 0 radical (unpaired) electrons. The van der Waals surface area contributed by atoms with E-state index in [9.17, 15) is 4.79 Å². The van der Waals surface area contributed by atoms with Gasteiger partial charge in [0.1, 0.15) is 0 Å². The molecule has 1 atom stereocenters. The van der Waals surface area contributed by atoms with Crippen LogP contribution >= 0.6 is 15.9 Å². The Morgan fingerprint density at radius 2 is 2.17 bits per heavy atom. The van der Waals surface area contributed by atoms with Crippen molar-refractivity contribution in [3.8, 4) is 0 Å². The lowest BCUT2D eigenvalue weighted by Crippen LogP contribution is -2.11. The van der Waals surface area contributed by atoms with Crippen molar-refractivity contribution in [3.63, 3.8) is 0 Å². The summed E-state index contributed by atoms with van der Waals surface area (Å²) in [6.07, 6.45) is 2.10. The molecule has 0 saturated carbocycles. The molecular formula is C14H16BrNO2. The van der Waals surface area contributed by atoms with E-state index in [1.54, 1.807) is 0 Å². The lowest BCUT2D eigenvalue weighted by Gasteiger charge is -2.18. The second kappa shape index (κ2) is 5.14. The standard InChI is InChI=1S/C14H16BrNO2/c1-8(2)11(6-14(17)18)12-7-16-13-5-9(15)3-4-10(12)13/h3-5,7-8,11,16H,6H2,1-2H3,(H,17,18). The summed E-state index contributed by atoms with van der Waals surface area (Å²) >= 11 is 3.43. The lowest BCUT2D eigenvalue weighted by molar-refractivity contribution is -0.137. The zero-order valence-electron chi connectivity index (χ0n) is 10.4. The van der Waals surface area contributed by atoms with E-state index in [0.717, 1.165) is 20.9 Å². The van der Waals surface area contributed by atoms with Crippen LogP contribution in [0.4, 0.5) is 0 Å². The fourth-order valence-corrected chi connectivity index (χ4v) is 2.68. The van der Waals surface area contributed by atoms with Crippen LogP contribution in [0.2, 0.25) is 0 Å². The molecule has 1 heterocycles. The van der Waals surface area contributed by atoms with Gasteiger partial charge in [0.2, 0.25) is 0 Å². The molecule has 1 aromatic heterocycles. The van der Waals surface area contributed by atoms with Gasteiger partial charge in [-0.25, -0.2) is 0 Å². The number of aliphatic carboxylic acids is 1. The molecule has 0 spiro atoms. The monoisotopic (exact) mass is 309 g/mol.